The molecule has 0 bridgehead atoms. The first kappa shape index (κ1) is 56.0. The van der Waals surface area contributed by atoms with Crippen LogP contribution < -0.4 is 31.9 Å². The second kappa shape index (κ2) is 22.9. The molecule has 378 valence electrons. The summed E-state index contributed by atoms with van der Waals surface area (Å²) < 4.78 is 40.1. The van der Waals surface area contributed by atoms with E-state index in [-0.39, 0.29) is 36.3 Å². The van der Waals surface area contributed by atoms with Crippen molar-refractivity contribution in [2.45, 2.75) is 173 Å². The maximum Gasteiger partial charge on any atom is 0.408 e. The molecule has 1 fully saturated rings. The summed E-state index contributed by atoms with van der Waals surface area (Å²) in [4.78, 5) is 67.5. The van der Waals surface area contributed by atoms with Gasteiger partial charge in [-0.05, 0) is 100 Å². The van der Waals surface area contributed by atoms with Gasteiger partial charge in [-0.3, -0.25) is 23.5 Å². The third-order valence-corrected chi connectivity index (χ3v) is 21.8. The zero-order valence-electron chi connectivity index (χ0n) is 42.8. The first-order valence-corrected chi connectivity index (χ1v) is 29.1. The molecule has 17 nitrogen and oxygen atoms in total. The van der Waals surface area contributed by atoms with E-state index in [1.54, 1.807) is 52.1 Å². The molecule has 0 spiro atoms. The maximum atomic E-state index is 14.6. The van der Waals surface area contributed by atoms with E-state index in [9.17, 15) is 29.1 Å². The van der Waals surface area contributed by atoms with E-state index in [0.29, 0.717) is 17.7 Å². The highest BCUT2D eigenvalue weighted by molar-refractivity contribution is 6.74. The molecule has 1 aliphatic rings. The SMILES string of the molecule is COc1ccc(Cn2c(=O)ccn([C@@H]3O[C@H](C(O)[C@H](NCCCNC(=O)[C@H](C)NC(=O)OCc4ccccc4)C(=O)OC(C)(C)C)[C@@H](O[Si](C)(C)C(C)(C)C)[C@H]3O[Si](C)(C)C(C)(C)C)c2=O)cc1. The van der Waals surface area contributed by atoms with E-state index < -0.39 is 94.2 Å². The van der Waals surface area contributed by atoms with E-state index in [0.717, 1.165) is 10.1 Å². The van der Waals surface area contributed by atoms with Gasteiger partial charge < -0.3 is 48.9 Å². The van der Waals surface area contributed by atoms with E-state index in [1.807, 2.05) is 30.3 Å². The average Bonchev–Trinajstić information content (AvgIpc) is 3.57. The predicted molar refractivity (Wildman–Crippen MR) is 266 cm³/mol. The van der Waals surface area contributed by atoms with Gasteiger partial charge in [0.2, 0.25) is 5.91 Å². The van der Waals surface area contributed by atoms with Crippen LogP contribution in [0, 0.1) is 0 Å². The van der Waals surface area contributed by atoms with Crippen LogP contribution in [0.1, 0.15) is 93.0 Å². The van der Waals surface area contributed by atoms with Crippen LogP contribution in [-0.2, 0) is 45.8 Å². The summed E-state index contributed by atoms with van der Waals surface area (Å²) in [5, 5.41) is 20.5. The number of nitrogens with one attached hydrogen (secondary N) is 3. The Morgan fingerprint density at radius 1 is 0.809 bits per heavy atom. The minimum absolute atomic E-state index is 0.0409. The zero-order chi connectivity index (χ0) is 51.0. The van der Waals surface area contributed by atoms with Gasteiger partial charge in [-0.2, -0.15) is 0 Å². The van der Waals surface area contributed by atoms with Crippen molar-refractivity contribution in [3.05, 3.63) is 98.8 Å². The Labute approximate surface area is 403 Å². The third kappa shape index (κ3) is 14.9. The number of aliphatic hydroxyl groups excluding tert-OH is 1. The lowest BCUT2D eigenvalue weighted by Gasteiger charge is -2.44. The molecule has 2 heterocycles. The first-order valence-electron chi connectivity index (χ1n) is 23.3. The topological polar surface area (TPSA) is 207 Å². The Balaban J connectivity index is 1.68. The molecule has 0 radical (unpaired) electrons. The molecule has 4 rings (SSSR count). The van der Waals surface area contributed by atoms with Crippen LogP contribution in [0.2, 0.25) is 36.3 Å². The molecule has 3 aromatic rings. The molecule has 2 amide bonds. The average molecular weight is 984 g/mol. The van der Waals surface area contributed by atoms with Gasteiger partial charge in [-0.15, -0.1) is 0 Å². The van der Waals surface area contributed by atoms with Crippen molar-refractivity contribution in [2.75, 3.05) is 20.2 Å². The third-order valence-electron chi connectivity index (χ3n) is 12.9. The summed E-state index contributed by atoms with van der Waals surface area (Å²) in [5.41, 5.74) is -0.636. The number of rotatable bonds is 20. The van der Waals surface area contributed by atoms with E-state index in [4.69, 9.17) is 27.8 Å². The molecule has 4 N–H and O–H groups in total. The summed E-state index contributed by atoms with van der Waals surface area (Å²) >= 11 is 0. The number of alkyl carbamates (subject to hydrolysis) is 1. The van der Waals surface area contributed by atoms with Crippen molar-refractivity contribution in [1.82, 2.24) is 25.1 Å². The minimum Gasteiger partial charge on any atom is -0.497 e. The summed E-state index contributed by atoms with van der Waals surface area (Å²) in [7, 11) is -3.93. The van der Waals surface area contributed by atoms with Gasteiger partial charge in [0.1, 0.15) is 54.5 Å². The van der Waals surface area contributed by atoms with Crippen molar-refractivity contribution in [2.24, 2.45) is 0 Å². The number of amides is 2. The van der Waals surface area contributed by atoms with Gasteiger partial charge in [0.15, 0.2) is 22.9 Å². The number of esters is 1. The quantitative estimate of drug-likeness (QED) is 0.0564. The van der Waals surface area contributed by atoms with E-state index in [1.165, 1.54) is 23.8 Å². The smallest absolute Gasteiger partial charge is 0.408 e. The van der Waals surface area contributed by atoms with Gasteiger partial charge in [0.25, 0.3) is 5.56 Å². The summed E-state index contributed by atoms with van der Waals surface area (Å²) in [5.74, 6) is -0.580. The Bertz CT molecular complexity index is 2270. The van der Waals surface area contributed by atoms with Crippen LogP contribution in [0.25, 0.3) is 0 Å². The van der Waals surface area contributed by atoms with Gasteiger partial charge in [-0.1, -0.05) is 84.0 Å². The van der Waals surface area contributed by atoms with Gasteiger partial charge in [-0.25, -0.2) is 9.59 Å². The second-order valence-corrected chi connectivity index (χ2v) is 31.0. The van der Waals surface area contributed by atoms with Gasteiger partial charge in [0, 0.05) is 18.8 Å². The van der Waals surface area contributed by atoms with E-state index >= 15 is 0 Å². The van der Waals surface area contributed by atoms with Gasteiger partial charge >= 0.3 is 17.8 Å². The number of methoxy groups -OCH3 is 1. The Hall–Kier alpha value is -4.64. The molecule has 19 heteroatoms. The summed E-state index contributed by atoms with van der Waals surface area (Å²) in [6, 6.07) is 15.2. The molecular weight excluding hydrogens is 907 g/mol. The normalized spacial score (nSPS) is 19.4. The number of nitrogens with zero attached hydrogens (tertiary/aromatic N) is 2. The maximum absolute atomic E-state index is 14.6. The lowest BCUT2D eigenvalue weighted by Crippen LogP contribution is -2.59. The van der Waals surface area contributed by atoms with Crippen LogP contribution in [0.3, 0.4) is 0 Å². The summed E-state index contributed by atoms with van der Waals surface area (Å²) in [6.45, 7) is 27.8. The van der Waals surface area contributed by atoms with Crippen LogP contribution in [-0.4, -0.2) is 111 Å². The van der Waals surface area contributed by atoms with E-state index in [2.05, 4.69) is 83.7 Å². The Morgan fingerprint density at radius 3 is 1.96 bits per heavy atom. The van der Waals surface area contributed by atoms with Crippen LogP contribution in [0.5, 0.6) is 5.75 Å². The number of hydrogen-bond donors (Lipinski definition) is 4. The first-order chi connectivity index (χ1) is 31.5. The highest BCUT2D eigenvalue weighted by atomic mass is 28.4. The summed E-state index contributed by atoms with van der Waals surface area (Å²) in [6.07, 6.45) is -5.17. The highest BCUT2D eigenvalue weighted by Crippen LogP contribution is 2.46. The van der Waals surface area contributed by atoms with Crippen molar-refractivity contribution >= 4 is 34.6 Å². The fraction of sp³-hybridized carbons (Fsp3) is 0.612. The van der Waals surface area contributed by atoms with Crippen molar-refractivity contribution < 1.29 is 47.3 Å². The number of aromatic nitrogens is 2. The Morgan fingerprint density at radius 2 is 1.40 bits per heavy atom. The molecular formula is C49H77N5O12Si2. The van der Waals surface area contributed by atoms with Crippen LogP contribution in [0.4, 0.5) is 4.79 Å². The predicted octanol–water partition coefficient (Wildman–Crippen LogP) is 6.23. The molecule has 1 aromatic heterocycles. The fourth-order valence-electron chi connectivity index (χ4n) is 6.86. The second-order valence-electron chi connectivity index (χ2n) is 21.5. The number of ether oxygens (including phenoxy) is 4. The van der Waals surface area contributed by atoms with Crippen LogP contribution in [0.15, 0.2) is 76.4 Å². The number of aliphatic hydroxyl groups is 1. The highest BCUT2D eigenvalue weighted by Gasteiger charge is 2.57. The molecule has 0 saturated carbocycles. The monoisotopic (exact) mass is 984 g/mol. The standard InChI is InChI=1S/C49H77N5O12Si2/c1-32(52-45(59)62-31-34-20-17-16-18-21-34)42(57)51-28-19-27-50-37(44(58)64-47(2,3)4)38(56)39-40(65-67(12,13)48(5,6)7)41(66-68(14,15)49(8,9)10)43(63-39)53-29-26-36(55)54(46(53)60)30-33-22-24-35(61-11)25-23-33/h16-18,20-26,29,32,37-41,43,50,56H,19,27-28,30-31H2,1-15H3,(H,51,57)(H,52,59)/t32-,37-,38?,39+,40+,41+,43+/m0/s1. The molecule has 1 aliphatic heterocycles. The molecule has 1 unspecified atom stereocenters. The number of benzene rings is 2. The molecule has 7 atom stereocenters. The zero-order valence-corrected chi connectivity index (χ0v) is 44.8. The molecule has 68 heavy (non-hydrogen) atoms. The van der Waals surface area contributed by atoms with Crippen molar-refractivity contribution in [3.63, 3.8) is 0 Å². The van der Waals surface area contributed by atoms with Crippen molar-refractivity contribution in [3.8, 4) is 5.75 Å². The van der Waals surface area contributed by atoms with Crippen LogP contribution >= 0.6 is 0 Å². The number of carbonyl (C=O) groups excluding carboxylic acids is 3. The number of hydrogen-bond acceptors (Lipinski definition) is 13. The van der Waals surface area contributed by atoms with Crippen molar-refractivity contribution in [1.29, 1.82) is 0 Å². The Kier molecular flexibility index (Phi) is 18.8. The molecule has 2 aromatic carbocycles. The minimum atomic E-state index is -2.75. The molecule has 1 saturated heterocycles. The lowest BCUT2D eigenvalue weighted by atomic mass is 9.99. The lowest BCUT2D eigenvalue weighted by molar-refractivity contribution is -0.166. The fourth-order valence-corrected chi connectivity index (χ4v) is 9.44. The molecule has 0 aliphatic carbocycles. The van der Waals surface area contributed by atoms with Gasteiger partial charge in [0.05, 0.1) is 13.7 Å². The largest absolute Gasteiger partial charge is 0.497 e. The number of carbonyl (C=O) groups is 3.